The van der Waals surface area contributed by atoms with E-state index in [1.807, 2.05) is 0 Å². The minimum atomic E-state index is -1.04. The zero-order valence-electron chi connectivity index (χ0n) is 18.9. The fourth-order valence-electron chi connectivity index (χ4n) is 2.98. The van der Waals surface area contributed by atoms with Gasteiger partial charge in [0.25, 0.3) is 0 Å². The molecule has 2 aliphatic rings. The third-order valence-corrected chi connectivity index (χ3v) is 4.51. The van der Waals surface area contributed by atoms with Crippen molar-refractivity contribution in [2.24, 2.45) is 11.5 Å². The van der Waals surface area contributed by atoms with E-state index in [1.165, 1.54) is 37.3 Å². The number of benzene rings is 2. The minimum absolute atomic E-state index is 0.0198. The first kappa shape index (κ1) is 28.0. The summed E-state index contributed by atoms with van der Waals surface area (Å²) in [7, 11) is 0. The van der Waals surface area contributed by atoms with Crippen LogP contribution < -0.4 is 16.9 Å². The Labute approximate surface area is 201 Å². The summed E-state index contributed by atoms with van der Waals surface area (Å²) < 4.78 is 5.76. The summed E-state index contributed by atoms with van der Waals surface area (Å²) >= 11 is 3.54. The number of amides is 2. The molecule has 180 valence electrons. The Bertz CT molecular complexity index is 1290. The number of carbonyl (C=O) groups excluding carboxylic acids is 2. The lowest BCUT2D eigenvalue weighted by atomic mass is 9.89. The van der Waals surface area contributed by atoms with Crippen LogP contribution in [0, 0.1) is 0 Å². The second-order valence-corrected chi connectivity index (χ2v) is 7.08. The maximum atomic E-state index is 11.7. The molecule has 3 rings (SSSR count). The van der Waals surface area contributed by atoms with Crippen molar-refractivity contribution in [1.29, 1.82) is 0 Å². The lowest BCUT2D eigenvalue weighted by molar-refractivity contribution is -0.132. The van der Waals surface area contributed by atoms with E-state index < -0.39 is 5.97 Å². The Morgan fingerprint density at radius 1 is 1.06 bits per heavy atom. The molecule has 1 aromatic carbocycles. The van der Waals surface area contributed by atoms with Crippen LogP contribution in [-0.2, 0) is 14.4 Å². The lowest BCUT2D eigenvalue weighted by Gasteiger charge is -2.17. The van der Waals surface area contributed by atoms with Crippen molar-refractivity contribution < 1.29 is 29.0 Å². The first-order chi connectivity index (χ1) is 16.0. The number of thiol groups is 1. The summed E-state index contributed by atoms with van der Waals surface area (Å²) in [5, 5.41) is 19.9. The highest BCUT2D eigenvalue weighted by Crippen LogP contribution is 2.40. The molecule has 1 aromatic rings. The van der Waals surface area contributed by atoms with Crippen molar-refractivity contribution in [3.63, 3.8) is 0 Å². The van der Waals surface area contributed by atoms with Crippen LogP contribution in [0.3, 0.4) is 0 Å². The second kappa shape index (κ2) is 12.9. The highest BCUT2D eigenvalue weighted by Gasteiger charge is 2.23. The molecule has 1 heterocycles. The van der Waals surface area contributed by atoms with E-state index in [0.717, 1.165) is 0 Å². The lowest BCUT2D eigenvalue weighted by Crippen LogP contribution is -2.10. The summed E-state index contributed by atoms with van der Waals surface area (Å²) in [5.41, 5.74) is 11.1. The fourth-order valence-corrected chi connectivity index (χ4v) is 2.98. The molecule has 10 heteroatoms. The Morgan fingerprint density at radius 2 is 1.65 bits per heavy atom. The van der Waals surface area contributed by atoms with Gasteiger partial charge in [0.2, 0.25) is 11.8 Å². The average molecular weight is 487 g/mol. The van der Waals surface area contributed by atoms with Gasteiger partial charge in [-0.1, -0.05) is 12.2 Å². The van der Waals surface area contributed by atoms with E-state index >= 15 is 0 Å². The predicted octanol–water partition coefficient (Wildman–Crippen LogP) is 2.93. The van der Waals surface area contributed by atoms with E-state index in [4.69, 9.17) is 4.42 Å². The quantitative estimate of drug-likeness (QED) is 0.163. The number of phenolic OH excluding ortho intramolecular Hbond substituents is 1. The molecular weight excluding hydrogens is 460 g/mol. The third kappa shape index (κ3) is 7.52. The number of rotatable bonds is 4. The van der Waals surface area contributed by atoms with Gasteiger partial charge in [-0.25, -0.2) is 4.79 Å². The van der Waals surface area contributed by atoms with Gasteiger partial charge >= 0.3 is 5.97 Å². The summed E-state index contributed by atoms with van der Waals surface area (Å²) in [4.78, 5) is 42.1. The monoisotopic (exact) mass is 486 g/mol. The van der Waals surface area contributed by atoms with Crippen molar-refractivity contribution >= 4 is 47.0 Å². The molecule has 0 saturated carbocycles. The largest absolute Gasteiger partial charge is 0.508 e. The first-order valence-corrected chi connectivity index (χ1v) is 10.5. The Kier molecular flexibility index (Phi) is 10.6. The average Bonchev–Trinajstić information content (AvgIpc) is 2.75. The molecule has 0 spiro atoms. The minimum Gasteiger partial charge on any atom is -0.508 e. The van der Waals surface area contributed by atoms with Gasteiger partial charge in [-0.05, 0) is 43.7 Å². The molecule has 0 atom stereocenters. The number of carboxylic acid groups (broad SMARTS) is 1. The zero-order valence-corrected chi connectivity index (χ0v) is 19.8. The molecule has 1 aliphatic carbocycles. The van der Waals surface area contributed by atoms with Crippen LogP contribution >= 0.6 is 12.6 Å². The van der Waals surface area contributed by atoms with E-state index in [2.05, 4.69) is 24.1 Å². The van der Waals surface area contributed by atoms with Crippen LogP contribution in [0.25, 0.3) is 27.9 Å². The molecule has 0 aromatic heterocycles. The SMILES string of the molecule is C/C=C(\C(=C/C)C(=O)O)c1c2ccc(=O)cc-2oc2cc(O)ccc12.CC(N)=O.NC(=O)CS. The normalized spacial score (nSPS) is 11.2. The number of phenols is 1. The van der Waals surface area contributed by atoms with Crippen LogP contribution in [0.15, 0.2) is 63.3 Å². The molecule has 6 N–H and O–H groups in total. The highest BCUT2D eigenvalue weighted by molar-refractivity contribution is 7.81. The molecule has 0 saturated heterocycles. The van der Waals surface area contributed by atoms with Gasteiger partial charge in [-0.15, -0.1) is 0 Å². The first-order valence-electron chi connectivity index (χ1n) is 9.88. The molecule has 9 nitrogen and oxygen atoms in total. The molecule has 0 unspecified atom stereocenters. The van der Waals surface area contributed by atoms with E-state index in [1.54, 1.807) is 32.1 Å². The number of carbonyl (C=O) groups is 3. The topological polar surface area (TPSA) is 174 Å². The molecular formula is C24H26N2O7S. The van der Waals surface area contributed by atoms with Gasteiger partial charge in [-0.3, -0.25) is 14.4 Å². The molecule has 0 radical (unpaired) electrons. The van der Waals surface area contributed by atoms with Crippen molar-refractivity contribution in [2.45, 2.75) is 20.8 Å². The van der Waals surface area contributed by atoms with Gasteiger partial charge in [-0.2, -0.15) is 12.6 Å². The van der Waals surface area contributed by atoms with Gasteiger partial charge < -0.3 is 26.1 Å². The zero-order chi connectivity index (χ0) is 26.0. The number of hydrogen-bond donors (Lipinski definition) is 5. The van der Waals surface area contributed by atoms with Crippen molar-refractivity contribution in [2.75, 3.05) is 5.75 Å². The maximum absolute atomic E-state index is 11.7. The number of nitrogens with two attached hydrogens (primary N) is 2. The van der Waals surface area contributed by atoms with Crippen LogP contribution in [0.4, 0.5) is 0 Å². The van der Waals surface area contributed by atoms with Crippen LogP contribution in [0.2, 0.25) is 0 Å². The van der Waals surface area contributed by atoms with Crippen LogP contribution in [0.5, 0.6) is 5.75 Å². The van der Waals surface area contributed by atoms with Crippen LogP contribution in [-0.4, -0.2) is 33.7 Å². The van der Waals surface area contributed by atoms with Crippen molar-refractivity contribution in [3.05, 3.63) is 69.9 Å². The Morgan fingerprint density at radius 3 is 2.12 bits per heavy atom. The summed E-state index contributed by atoms with van der Waals surface area (Å²) in [6.45, 7) is 4.72. The molecule has 2 amide bonds. The van der Waals surface area contributed by atoms with E-state index in [0.29, 0.717) is 33.4 Å². The second-order valence-electron chi connectivity index (χ2n) is 6.76. The van der Waals surface area contributed by atoms with E-state index in [9.17, 15) is 29.4 Å². The highest BCUT2D eigenvalue weighted by atomic mass is 32.1. The van der Waals surface area contributed by atoms with Crippen molar-refractivity contribution in [3.8, 4) is 17.1 Å². The number of hydrogen-bond acceptors (Lipinski definition) is 7. The number of fused-ring (bicyclic) bond motifs is 2. The summed E-state index contributed by atoms with van der Waals surface area (Å²) in [6.07, 6.45) is 3.25. The van der Waals surface area contributed by atoms with Gasteiger partial charge in [0, 0.05) is 35.6 Å². The fraction of sp³-hybridized carbons (Fsp3) is 0.167. The third-order valence-electron chi connectivity index (χ3n) is 4.20. The number of primary amides is 2. The number of aromatic hydroxyl groups is 1. The maximum Gasteiger partial charge on any atom is 0.335 e. The van der Waals surface area contributed by atoms with Crippen LogP contribution in [0.1, 0.15) is 26.3 Å². The predicted molar refractivity (Wildman–Crippen MR) is 134 cm³/mol. The van der Waals surface area contributed by atoms with Gasteiger partial charge in [0.15, 0.2) is 5.43 Å². The van der Waals surface area contributed by atoms with Gasteiger partial charge in [0.1, 0.15) is 17.1 Å². The number of allylic oxidation sites excluding steroid dienone is 2. The standard InChI is InChI=1S/C20H16O5.C2H5NOS.C2H5NO/c1-3-13(14(4-2)20(23)24)19-15-7-5-11(21)9-17(15)25-18-10-12(22)6-8-16(18)19;3-2(4)1-5;1-2(3)4/h3-10,21H,1-2H3,(H,23,24);5H,1H2,(H2,3,4);1H3,(H2,3,4)/b13-3+,14-4+;;. The molecule has 1 aliphatic heterocycles. The van der Waals surface area contributed by atoms with Gasteiger partial charge in [0.05, 0.1) is 11.3 Å². The number of aliphatic carboxylic acids is 1. The molecule has 34 heavy (non-hydrogen) atoms. The van der Waals surface area contributed by atoms with Crippen molar-refractivity contribution in [1.82, 2.24) is 0 Å². The summed E-state index contributed by atoms with van der Waals surface area (Å²) in [6, 6.07) is 9.02. The van der Waals surface area contributed by atoms with E-state index in [-0.39, 0.29) is 34.3 Å². The summed E-state index contributed by atoms with van der Waals surface area (Å²) in [5.74, 6) is -1.27. The Hall–Kier alpha value is -4.05. The Balaban J connectivity index is 0.000000550. The smallest absolute Gasteiger partial charge is 0.335 e. The number of carboxylic acids is 1. The molecule has 0 bridgehead atoms. The molecule has 0 fully saturated rings.